The van der Waals surface area contributed by atoms with Gasteiger partial charge in [-0.15, -0.1) is 0 Å². The highest BCUT2D eigenvalue weighted by Crippen LogP contribution is 2.29. The summed E-state index contributed by atoms with van der Waals surface area (Å²) in [4.78, 5) is 13.1. The van der Waals surface area contributed by atoms with E-state index >= 15 is 0 Å². The number of carbonyl (C=O) groups is 1. The molecule has 2 rings (SSSR count). The molecule has 0 atom stereocenters. The Labute approximate surface area is 235 Å². The Hall–Kier alpha value is -3.38. The average molecular weight is 539 g/mol. The molecule has 0 aliphatic rings. The lowest BCUT2D eigenvalue weighted by molar-refractivity contribution is -0.138. The summed E-state index contributed by atoms with van der Waals surface area (Å²) in [6.07, 6.45) is 11.3. The van der Waals surface area contributed by atoms with E-state index in [4.69, 9.17) is 21.4 Å². The topological polar surface area (TPSA) is 63.5 Å². The van der Waals surface area contributed by atoms with Crippen LogP contribution in [0.1, 0.15) is 78.9 Å². The Bertz CT molecular complexity index is 1080. The first kappa shape index (κ1) is 34.6. The number of benzene rings is 1. The van der Waals surface area contributed by atoms with Crippen LogP contribution in [-0.4, -0.2) is 17.7 Å². The van der Waals surface area contributed by atoms with Crippen LogP contribution in [0.15, 0.2) is 83.2 Å². The van der Waals surface area contributed by atoms with Crippen LogP contribution < -0.4 is 10.6 Å². The van der Waals surface area contributed by atoms with Gasteiger partial charge in [-0.3, -0.25) is 0 Å². The number of rotatable bonds is 11. The molecule has 0 bridgehead atoms. The summed E-state index contributed by atoms with van der Waals surface area (Å²) in [7, 11) is 0. The third-order valence-corrected chi connectivity index (χ3v) is 5.34. The summed E-state index contributed by atoms with van der Waals surface area (Å²) in [6, 6.07) is 9.78. The van der Waals surface area contributed by atoms with Crippen molar-refractivity contribution in [3.05, 3.63) is 89.9 Å². The molecule has 2 N–H and O–H groups in total. The van der Waals surface area contributed by atoms with Crippen molar-refractivity contribution in [3.63, 3.8) is 0 Å². The molecule has 1 heterocycles. The van der Waals surface area contributed by atoms with E-state index in [0.717, 1.165) is 41.0 Å². The molecule has 5 nitrogen and oxygen atoms in total. The predicted molar refractivity (Wildman–Crippen MR) is 167 cm³/mol. The van der Waals surface area contributed by atoms with Gasteiger partial charge in [0.05, 0.1) is 24.1 Å². The van der Waals surface area contributed by atoms with Crippen LogP contribution in [0.3, 0.4) is 0 Å². The van der Waals surface area contributed by atoms with Crippen molar-refractivity contribution in [2.75, 3.05) is 6.61 Å². The number of hydrogen-bond donors (Lipinski definition) is 2. The third-order valence-electron chi connectivity index (χ3n) is 5.14. The van der Waals surface area contributed by atoms with Crippen molar-refractivity contribution in [1.82, 2.24) is 10.6 Å². The second kappa shape index (κ2) is 20.7. The zero-order valence-corrected chi connectivity index (χ0v) is 25.3. The summed E-state index contributed by atoms with van der Waals surface area (Å²) >= 11 is 5.63. The fourth-order valence-electron chi connectivity index (χ4n) is 3.35. The van der Waals surface area contributed by atoms with Crippen molar-refractivity contribution in [2.45, 2.75) is 74.7 Å². The number of furan rings is 1. The smallest absolute Gasteiger partial charge is 0.336 e. The minimum atomic E-state index is -0.345. The molecule has 0 aliphatic heterocycles. The van der Waals surface area contributed by atoms with Crippen LogP contribution in [-0.2, 0) is 9.53 Å². The number of nitrogens with one attached hydrogen (secondary N) is 2. The second-order valence-corrected chi connectivity index (χ2v) is 8.01. The first-order valence-corrected chi connectivity index (χ1v) is 13.9. The van der Waals surface area contributed by atoms with Gasteiger partial charge >= 0.3 is 5.97 Å². The van der Waals surface area contributed by atoms with Crippen LogP contribution in [0.25, 0.3) is 17.0 Å². The first-order valence-electron chi connectivity index (χ1n) is 13.5. The van der Waals surface area contributed by atoms with Gasteiger partial charge in [0.2, 0.25) is 0 Å². The van der Waals surface area contributed by atoms with Gasteiger partial charge in [-0.05, 0) is 75.7 Å². The molecule has 1 aromatic carbocycles. The number of carbonyl (C=O) groups excluding carboxylic acids is 1. The lowest BCUT2D eigenvalue weighted by Gasteiger charge is -2.20. The minimum absolute atomic E-state index is 0.297. The molecule has 0 saturated heterocycles. The van der Waals surface area contributed by atoms with Crippen molar-refractivity contribution in [2.24, 2.45) is 0 Å². The molecular weight excluding hydrogens is 492 g/mol. The van der Waals surface area contributed by atoms with E-state index in [9.17, 15) is 4.79 Å². The summed E-state index contributed by atoms with van der Waals surface area (Å²) < 4.78 is 11.0. The molecule has 2 aromatic rings. The Balaban J connectivity index is 0.00000326. The largest absolute Gasteiger partial charge is 0.464 e. The van der Waals surface area contributed by atoms with Crippen LogP contribution in [0, 0.1) is 6.92 Å². The van der Waals surface area contributed by atoms with Gasteiger partial charge in [0.25, 0.3) is 0 Å². The summed E-state index contributed by atoms with van der Waals surface area (Å²) in [5.41, 5.74) is 4.78. The van der Waals surface area contributed by atoms with Crippen molar-refractivity contribution >= 4 is 29.0 Å². The fourth-order valence-corrected chi connectivity index (χ4v) is 3.57. The molecule has 208 valence electrons. The van der Waals surface area contributed by atoms with Gasteiger partial charge in [-0.1, -0.05) is 78.0 Å². The minimum Gasteiger partial charge on any atom is -0.464 e. The quantitative estimate of drug-likeness (QED) is 0.129. The van der Waals surface area contributed by atoms with E-state index < -0.39 is 0 Å². The van der Waals surface area contributed by atoms with Crippen molar-refractivity contribution in [1.29, 1.82) is 0 Å². The maximum Gasteiger partial charge on any atom is 0.336 e. The maximum absolute atomic E-state index is 13.1. The highest BCUT2D eigenvalue weighted by atomic mass is 32.1. The first-order chi connectivity index (χ1) is 18.4. The van der Waals surface area contributed by atoms with Crippen LogP contribution >= 0.6 is 12.2 Å². The van der Waals surface area contributed by atoms with Crippen LogP contribution in [0.5, 0.6) is 0 Å². The van der Waals surface area contributed by atoms with Gasteiger partial charge in [0.1, 0.15) is 5.76 Å². The molecule has 1 aromatic heterocycles. The number of thiocarbonyl (C=S) groups is 1. The molecule has 0 unspecified atom stereocenters. The molecular formula is C32H46N2O3S. The van der Waals surface area contributed by atoms with E-state index in [2.05, 4.69) is 24.1 Å². The third kappa shape index (κ3) is 11.3. The fraction of sp³-hybridized carbons (Fsp3) is 0.375. The second-order valence-electron chi connectivity index (χ2n) is 7.60. The van der Waals surface area contributed by atoms with Gasteiger partial charge in [-0.25, -0.2) is 4.79 Å². The SMILES string of the molecule is C=C/C=C\C(=C/C)NC(=S)N/C(=C(/CCCC)C(=O)OCC)c1cc(-c2ccco2)ccc1C.CC.CC. The number of aryl methyl sites for hydroxylation is 1. The van der Waals surface area contributed by atoms with Gasteiger partial charge < -0.3 is 19.8 Å². The van der Waals surface area contributed by atoms with E-state index in [-0.39, 0.29) is 5.97 Å². The number of esters is 1. The Morgan fingerprint density at radius 2 is 1.84 bits per heavy atom. The number of ether oxygens (including phenoxy) is 1. The lowest BCUT2D eigenvalue weighted by atomic mass is 9.96. The van der Waals surface area contributed by atoms with Crippen molar-refractivity contribution < 1.29 is 13.9 Å². The number of hydrogen-bond acceptors (Lipinski definition) is 4. The Morgan fingerprint density at radius 1 is 1.13 bits per heavy atom. The van der Waals surface area contributed by atoms with Crippen molar-refractivity contribution in [3.8, 4) is 11.3 Å². The number of allylic oxidation sites excluding steroid dienone is 4. The van der Waals surface area contributed by atoms with Gasteiger partial charge in [0, 0.05) is 16.8 Å². The molecule has 38 heavy (non-hydrogen) atoms. The predicted octanol–water partition coefficient (Wildman–Crippen LogP) is 8.88. The molecule has 0 saturated carbocycles. The summed E-state index contributed by atoms with van der Waals surface area (Å²) in [5, 5.41) is 6.86. The zero-order chi connectivity index (χ0) is 28.9. The molecule has 0 fully saturated rings. The normalized spacial score (nSPS) is 11.3. The highest BCUT2D eigenvalue weighted by Gasteiger charge is 2.21. The molecule has 0 aliphatic carbocycles. The van der Waals surface area contributed by atoms with Gasteiger partial charge in [-0.2, -0.15) is 0 Å². The van der Waals surface area contributed by atoms with E-state index in [1.54, 1.807) is 12.3 Å². The van der Waals surface area contributed by atoms with E-state index in [1.807, 2.05) is 97.0 Å². The van der Waals surface area contributed by atoms with Crippen LogP contribution in [0.4, 0.5) is 0 Å². The number of unbranched alkanes of at least 4 members (excludes halogenated alkanes) is 1. The Morgan fingerprint density at radius 3 is 2.39 bits per heavy atom. The summed E-state index contributed by atoms with van der Waals surface area (Å²) in [5.74, 6) is 0.403. The zero-order valence-electron chi connectivity index (χ0n) is 24.4. The Kier molecular flexibility index (Phi) is 18.8. The monoisotopic (exact) mass is 538 g/mol. The molecule has 0 radical (unpaired) electrons. The van der Waals surface area contributed by atoms with Crippen LogP contribution in [0.2, 0.25) is 0 Å². The highest BCUT2D eigenvalue weighted by molar-refractivity contribution is 7.80. The van der Waals surface area contributed by atoms with Gasteiger partial charge in [0.15, 0.2) is 5.11 Å². The van der Waals surface area contributed by atoms with E-state index in [1.165, 1.54) is 0 Å². The molecule has 0 spiro atoms. The molecule has 6 heteroatoms. The molecule has 0 amide bonds. The maximum atomic E-state index is 13.1. The summed E-state index contributed by atoms with van der Waals surface area (Å²) in [6.45, 7) is 19.8. The average Bonchev–Trinajstić information content (AvgIpc) is 3.48. The van der Waals surface area contributed by atoms with E-state index in [0.29, 0.717) is 29.4 Å². The standard InChI is InChI=1S/C28H34N2O3S.2C2H6/c1-6-10-13-22(8-3)29-28(34)30-26(23(14-11-7-2)27(31)32-9-4)24-19-21(17-16-20(24)5)25-15-12-18-33-25;2*1-2/h6,8,10,12-13,15-19H,1,7,9,11,14H2,2-5H3,(H2,29,30,34);2*1-2H3/b13-10-,22-8+,26-23-;;. The lowest BCUT2D eigenvalue weighted by Crippen LogP contribution is -2.34.